The van der Waals surface area contributed by atoms with Gasteiger partial charge >= 0.3 is 5.97 Å². The number of thioether (sulfide) groups is 1. The number of benzene rings is 2. The highest BCUT2D eigenvalue weighted by atomic mass is 32.2. The Balaban J connectivity index is 1.96. The standard InChI is InChI=1S/C20H20FN3O2S/c1-20(2,3)26-17(25)13-27-19-23-22-18(15-11-7-8-12-16(15)21)24(19)14-9-5-4-6-10-14/h4-12H,13H2,1-3H3. The molecule has 0 bridgehead atoms. The van der Waals surface area contributed by atoms with Crippen molar-refractivity contribution < 1.29 is 13.9 Å². The lowest BCUT2D eigenvalue weighted by Crippen LogP contribution is -2.25. The molecule has 0 fully saturated rings. The molecule has 0 amide bonds. The molecule has 0 aliphatic heterocycles. The predicted octanol–water partition coefficient (Wildman–Crippen LogP) is 4.51. The fourth-order valence-electron chi connectivity index (χ4n) is 2.48. The number of ether oxygens (including phenoxy) is 1. The molecular weight excluding hydrogens is 365 g/mol. The minimum Gasteiger partial charge on any atom is -0.459 e. The van der Waals surface area contributed by atoms with E-state index in [9.17, 15) is 9.18 Å². The van der Waals surface area contributed by atoms with Crippen LogP contribution in [0, 0.1) is 5.82 Å². The minimum absolute atomic E-state index is 0.0828. The number of esters is 1. The summed E-state index contributed by atoms with van der Waals surface area (Å²) >= 11 is 1.20. The molecule has 0 saturated heterocycles. The van der Waals surface area contributed by atoms with Gasteiger partial charge in [0.1, 0.15) is 11.4 Å². The summed E-state index contributed by atoms with van der Waals surface area (Å²) < 4.78 is 21.4. The number of carbonyl (C=O) groups excluding carboxylic acids is 1. The highest BCUT2D eigenvalue weighted by molar-refractivity contribution is 7.99. The first-order valence-corrected chi connectivity index (χ1v) is 9.44. The summed E-state index contributed by atoms with van der Waals surface area (Å²) in [6.07, 6.45) is 0. The van der Waals surface area contributed by atoms with E-state index in [2.05, 4.69) is 10.2 Å². The van der Waals surface area contributed by atoms with Crippen molar-refractivity contribution in [2.45, 2.75) is 31.5 Å². The molecule has 0 spiro atoms. The summed E-state index contributed by atoms with van der Waals surface area (Å²) in [6.45, 7) is 5.45. The highest BCUT2D eigenvalue weighted by Crippen LogP contribution is 2.29. The van der Waals surface area contributed by atoms with Gasteiger partial charge in [-0.1, -0.05) is 42.1 Å². The molecule has 1 heterocycles. The third kappa shape index (κ3) is 4.74. The van der Waals surface area contributed by atoms with Crippen LogP contribution in [0.5, 0.6) is 0 Å². The van der Waals surface area contributed by atoms with Crippen molar-refractivity contribution in [2.75, 3.05) is 5.75 Å². The molecule has 0 unspecified atom stereocenters. The maximum Gasteiger partial charge on any atom is 0.316 e. The molecule has 0 radical (unpaired) electrons. The van der Waals surface area contributed by atoms with Crippen LogP contribution in [0.3, 0.4) is 0 Å². The van der Waals surface area contributed by atoms with Crippen molar-refractivity contribution >= 4 is 17.7 Å². The van der Waals surface area contributed by atoms with Crippen LogP contribution >= 0.6 is 11.8 Å². The normalized spacial score (nSPS) is 11.4. The van der Waals surface area contributed by atoms with Crippen LogP contribution in [0.1, 0.15) is 20.8 Å². The molecule has 27 heavy (non-hydrogen) atoms. The van der Waals surface area contributed by atoms with Gasteiger partial charge in [0.15, 0.2) is 11.0 Å². The Bertz CT molecular complexity index is 936. The number of aromatic nitrogens is 3. The summed E-state index contributed by atoms with van der Waals surface area (Å²) in [4.78, 5) is 12.1. The summed E-state index contributed by atoms with van der Waals surface area (Å²) in [5.41, 5.74) is 0.578. The smallest absolute Gasteiger partial charge is 0.316 e. The van der Waals surface area contributed by atoms with Gasteiger partial charge in [-0.2, -0.15) is 0 Å². The van der Waals surface area contributed by atoms with Gasteiger partial charge in [-0.3, -0.25) is 9.36 Å². The molecule has 0 aliphatic carbocycles. The van der Waals surface area contributed by atoms with Gasteiger partial charge in [-0.05, 0) is 45.0 Å². The fourth-order valence-corrected chi connectivity index (χ4v) is 3.21. The molecule has 5 nitrogen and oxygen atoms in total. The molecule has 7 heteroatoms. The summed E-state index contributed by atoms with van der Waals surface area (Å²) in [6, 6.07) is 15.8. The first kappa shape index (κ1) is 19.1. The molecule has 3 rings (SSSR count). The van der Waals surface area contributed by atoms with Crippen molar-refractivity contribution in [3.05, 3.63) is 60.4 Å². The molecule has 0 N–H and O–H groups in total. The van der Waals surface area contributed by atoms with Gasteiger partial charge in [0.2, 0.25) is 0 Å². The van der Waals surface area contributed by atoms with E-state index in [-0.39, 0.29) is 17.5 Å². The van der Waals surface area contributed by atoms with Gasteiger partial charge in [0.05, 0.1) is 11.3 Å². The third-order valence-corrected chi connectivity index (χ3v) is 4.40. The second kappa shape index (κ2) is 7.92. The molecule has 140 valence electrons. The lowest BCUT2D eigenvalue weighted by molar-refractivity contribution is -0.151. The van der Waals surface area contributed by atoms with Crippen molar-refractivity contribution in [1.82, 2.24) is 14.8 Å². The van der Waals surface area contributed by atoms with Crippen molar-refractivity contribution in [3.8, 4) is 17.1 Å². The average Bonchev–Trinajstić information content (AvgIpc) is 3.03. The molecule has 0 saturated carbocycles. The van der Waals surface area contributed by atoms with Crippen LogP contribution in [-0.2, 0) is 9.53 Å². The number of hydrogen-bond donors (Lipinski definition) is 0. The Morgan fingerprint density at radius 2 is 1.74 bits per heavy atom. The number of nitrogens with zero attached hydrogens (tertiary/aromatic N) is 3. The van der Waals surface area contributed by atoms with Crippen molar-refractivity contribution in [1.29, 1.82) is 0 Å². The van der Waals surface area contributed by atoms with E-state index in [1.807, 2.05) is 51.1 Å². The van der Waals surface area contributed by atoms with Gasteiger partial charge in [0, 0.05) is 5.69 Å². The van der Waals surface area contributed by atoms with Crippen LogP contribution in [0.4, 0.5) is 4.39 Å². The van der Waals surface area contributed by atoms with E-state index in [1.165, 1.54) is 17.8 Å². The zero-order chi connectivity index (χ0) is 19.4. The number of para-hydroxylation sites is 1. The Kier molecular flexibility index (Phi) is 5.60. The van der Waals surface area contributed by atoms with Crippen molar-refractivity contribution in [2.24, 2.45) is 0 Å². The van der Waals surface area contributed by atoms with Crippen LogP contribution in [0.15, 0.2) is 59.8 Å². The number of hydrogen-bond acceptors (Lipinski definition) is 5. The van der Waals surface area contributed by atoms with Crippen LogP contribution in [-0.4, -0.2) is 32.1 Å². The quantitative estimate of drug-likeness (QED) is 0.478. The molecule has 0 atom stereocenters. The minimum atomic E-state index is -0.553. The van der Waals surface area contributed by atoms with E-state index < -0.39 is 5.60 Å². The molecule has 3 aromatic rings. The number of carbonyl (C=O) groups is 1. The van der Waals surface area contributed by atoms with E-state index in [0.717, 1.165) is 5.69 Å². The zero-order valence-corrected chi connectivity index (χ0v) is 16.2. The molecular formula is C20H20FN3O2S. The first-order chi connectivity index (χ1) is 12.8. The van der Waals surface area contributed by atoms with E-state index in [1.54, 1.807) is 22.8 Å². The maximum absolute atomic E-state index is 14.3. The largest absolute Gasteiger partial charge is 0.459 e. The highest BCUT2D eigenvalue weighted by Gasteiger charge is 2.21. The average molecular weight is 385 g/mol. The van der Waals surface area contributed by atoms with Crippen LogP contribution in [0.25, 0.3) is 17.1 Å². The maximum atomic E-state index is 14.3. The molecule has 2 aromatic carbocycles. The lowest BCUT2D eigenvalue weighted by atomic mass is 10.2. The van der Waals surface area contributed by atoms with Gasteiger partial charge in [-0.25, -0.2) is 4.39 Å². The Morgan fingerprint density at radius 1 is 1.07 bits per heavy atom. The van der Waals surface area contributed by atoms with E-state index in [4.69, 9.17) is 4.74 Å². The zero-order valence-electron chi connectivity index (χ0n) is 15.3. The van der Waals surface area contributed by atoms with Crippen LogP contribution in [0.2, 0.25) is 0 Å². The molecule has 1 aromatic heterocycles. The summed E-state index contributed by atoms with van der Waals surface area (Å²) in [5, 5.41) is 8.85. The van der Waals surface area contributed by atoms with Crippen LogP contribution < -0.4 is 0 Å². The number of halogens is 1. The third-order valence-electron chi connectivity index (χ3n) is 3.50. The monoisotopic (exact) mass is 385 g/mol. The summed E-state index contributed by atoms with van der Waals surface area (Å²) in [5.74, 6) is -0.265. The fraction of sp³-hybridized carbons (Fsp3) is 0.250. The van der Waals surface area contributed by atoms with E-state index >= 15 is 0 Å². The Hall–Kier alpha value is -2.67. The van der Waals surface area contributed by atoms with Gasteiger partial charge in [-0.15, -0.1) is 10.2 Å². The van der Waals surface area contributed by atoms with Crippen molar-refractivity contribution in [3.63, 3.8) is 0 Å². The summed E-state index contributed by atoms with van der Waals surface area (Å²) in [7, 11) is 0. The predicted molar refractivity (Wildman–Crippen MR) is 103 cm³/mol. The Labute approximate surface area is 161 Å². The second-order valence-corrected chi connectivity index (χ2v) is 7.77. The Morgan fingerprint density at radius 3 is 2.41 bits per heavy atom. The van der Waals surface area contributed by atoms with Gasteiger partial charge in [0.25, 0.3) is 0 Å². The molecule has 0 aliphatic rings. The SMILES string of the molecule is CC(C)(C)OC(=O)CSc1nnc(-c2ccccc2F)n1-c1ccccc1. The first-order valence-electron chi connectivity index (χ1n) is 8.45. The number of rotatable bonds is 5. The lowest BCUT2D eigenvalue weighted by Gasteiger charge is -2.19. The van der Waals surface area contributed by atoms with E-state index in [0.29, 0.717) is 16.5 Å². The topological polar surface area (TPSA) is 57.0 Å². The van der Waals surface area contributed by atoms with Gasteiger partial charge < -0.3 is 4.74 Å². The second-order valence-electron chi connectivity index (χ2n) is 6.83.